The van der Waals surface area contributed by atoms with Crippen LogP contribution in [0.2, 0.25) is 5.02 Å². The van der Waals surface area contributed by atoms with Gasteiger partial charge in [-0.15, -0.1) is 0 Å². The Kier molecular flexibility index (Phi) is 6.19. The molecule has 174 valence electrons. The second-order valence-electron chi connectivity index (χ2n) is 9.99. The molecule has 5 rings (SSSR count). The largest absolute Gasteiger partial charge is 0.369 e. The monoisotopic (exact) mass is 464 g/mol. The van der Waals surface area contributed by atoms with Gasteiger partial charge >= 0.3 is 0 Å². The molecule has 33 heavy (non-hydrogen) atoms. The van der Waals surface area contributed by atoms with Gasteiger partial charge in [0.05, 0.1) is 0 Å². The van der Waals surface area contributed by atoms with E-state index >= 15 is 0 Å². The number of guanidine groups is 1. The van der Waals surface area contributed by atoms with Crippen molar-refractivity contribution >= 4 is 23.5 Å². The van der Waals surface area contributed by atoms with Gasteiger partial charge in [-0.25, -0.2) is 4.99 Å². The van der Waals surface area contributed by atoms with Crippen LogP contribution in [0.15, 0.2) is 53.5 Å². The lowest BCUT2D eigenvalue weighted by molar-refractivity contribution is -0.131. The van der Waals surface area contributed by atoms with E-state index in [1.807, 2.05) is 55.5 Å². The van der Waals surface area contributed by atoms with Gasteiger partial charge in [0, 0.05) is 24.2 Å². The van der Waals surface area contributed by atoms with Crippen LogP contribution in [0.5, 0.6) is 0 Å². The van der Waals surface area contributed by atoms with Gasteiger partial charge in [0.2, 0.25) is 0 Å². The Hall–Kier alpha value is -2.37. The standard InChI is InChI=1S/C27H33ClN4O/c1-27(22-9-5-7-20(15-22)21-8-6-10-23(28)16-21)25(33)32(26(29)30-27)18-19-13-14-31(17-19)24-11-3-2-4-12-24/h5-10,15-16,19,24H,2-4,11-14,17-18H2,1H3,(H2,29,30)/t19-,27?/m0/s1. The summed E-state index contributed by atoms with van der Waals surface area (Å²) in [5.74, 6) is 0.760. The number of halogens is 1. The number of hydrogen-bond donors (Lipinski definition) is 1. The van der Waals surface area contributed by atoms with Crippen LogP contribution in [0.1, 0.15) is 51.0 Å². The van der Waals surface area contributed by atoms with Crippen LogP contribution in [-0.4, -0.2) is 47.3 Å². The number of carbonyl (C=O) groups excluding carboxylic acids is 1. The highest BCUT2D eigenvalue weighted by Crippen LogP contribution is 2.36. The summed E-state index contributed by atoms with van der Waals surface area (Å²) in [6, 6.07) is 16.5. The maximum absolute atomic E-state index is 13.6. The number of amides is 1. The van der Waals surface area contributed by atoms with Crippen molar-refractivity contribution in [2.45, 2.75) is 57.0 Å². The van der Waals surface area contributed by atoms with Crippen molar-refractivity contribution in [1.82, 2.24) is 9.80 Å². The normalized spacial score (nSPS) is 26.7. The molecular weight excluding hydrogens is 432 g/mol. The van der Waals surface area contributed by atoms with Crippen molar-refractivity contribution in [3.8, 4) is 11.1 Å². The topological polar surface area (TPSA) is 61.9 Å². The van der Waals surface area contributed by atoms with E-state index in [9.17, 15) is 4.79 Å². The summed E-state index contributed by atoms with van der Waals surface area (Å²) in [5.41, 5.74) is 8.21. The molecule has 5 nitrogen and oxygen atoms in total. The summed E-state index contributed by atoms with van der Waals surface area (Å²) < 4.78 is 0. The number of nitrogens with zero attached hydrogens (tertiary/aromatic N) is 3. The summed E-state index contributed by atoms with van der Waals surface area (Å²) in [6.07, 6.45) is 7.83. The highest BCUT2D eigenvalue weighted by molar-refractivity contribution is 6.30. The average Bonchev–Trinajstić information content (AvgIpc) is 3.39. The Balaban J connectivity index is 1.31. The van der Waals surface area contributed by atoms with Crippen LogP contribution in [0.25, 0.3) is 11.1 Å². The Morgan fingerprint density at radius 3 is 2.55 bits per heavy atom. The number of benzene rings is 2. The number of likely N-dealkylation sites (tertiary alicyclic amines) is 1. The highest BCUT2D eigenvalue weighted by atomic mass is 35.5. The molecule has 3 aliphatic rings. The maximum Gasteiger partial charge on any atom is 0.261 e. The molecule has 6 heteroatoms. The SMILES string of the molecule is CC1(c2cccc(-c3cccc(Cl)c3)c2)N=C(N)N(C[C@H]2CCN(C3CCCCC3)C2)C1=O. The van der Waals surface area contributed by atoms with E-state index in [1.54, 1.807) is 4.90 Å². The summed E-state index contributed by atoms with van der Waals surface area (Å²) in [7, 11) is 0. The lowest BCUT2D eigenvalue weighted by Crippen LogP contribution is -2.45. The minimum Gasteiger partial charge on any atom is -0.369 e. The smallest absolute Gasteiger partial charge is 0.261 e. The third kappa shape index (κ3) is 4.41. The molecule has 1 aliphatic carbocycles. The second kappa shape index (κ2) is 9.11. The molecule has 1 saturated carbocycles. The van der Waals surface area contributed by atoms with Crippen molar-refractivity contribution in [1.29, 1.82) is 0 Å². The van der Waals surface area contributed by atoms with Crippen LogP contribution >= 0.6 is 11.6 Å². The molecule has 0 spiro atoms. The zero-order valence-electron chi connectivity index (χ0n) is 19.3. The summed E-state index contributed by atoms with van der Waals surface area (Å²) in [5, 5.41) is 0.688. The van der Waals surface area contributed by atoms with Gasteiger partial charge in [0.1, 0.15) is 0 Å². The fourth-order valence-corrected chi connectivity index (χ4v) is 5.98. The van der Waals surface area contributed by atoms with Crippen molar-refractivity contribution in [2.75, 3.05) is 19.6 Å². The maximum atomic E-state index is 13.6. The van der Waals surface area contributed by atoms with Crippen molar-refractivity contribution in [3.63, 3.8) is 0 Å². The predicted octanol–water partition coefficient (Wildman–Crippen LogP) is 5.03. The second-order valence-corrected chi connectivity index (χ2v) is 10.4. The molecule has 0 aromatic heterocycles. The van der Waals surface area contributed by atoms with Gasteiger partial charge in [-0.05, 0) is 73.5 Å². The van der Waals surface area contributed by atoms with Gasteiger partial charge in [-0.1, -0.05) is 61.2 Å². The van der Waals surface area contributed by atoms with Crippen molar-refractivity contribution in [2.24, 2.45) is 16.6 Å². The number of hydrogen-bond acceptors (Lipinski definition) is 4. The van der Waals surface area contributed by atoms with Crippen molar-refractivity contribution < 1.29 is 4.79 Å². The summed E-state index contributed by atoms with van der Waals surface area (Å²) in [6.45, 7) is 4.72. The molecule has 0 radical (unpaired) electrons. The molecule has 1 saturated heterocycles. The van der Waals surface area contributed by atoms with E-state index in [1.165, 1.54) is 32.1 Å². The van der Waals surface area contributed by atoms with Crippen LogP contribution in [0.3, 0.4) is 0 Å². The van der Waals surface area contributed by atoms with E-state index in [2.05, 4.69) is 9.89 Å². The molecule has 2 fully saturated rings. The summed E-state index contributed by atoms with van der Waals surface area (Å²) in [4.78, 5) is 22.7. The van der Waals surface area contributed by atoms with E-state index < -0.39 is 5.54 Å². The molecule has 2 aromatic carbocycles. The fraction of sp³-hybridized carbons (Fsp3) is 0.481. The molecule has 1 unspecified atom stereocenters. The Morgan fingerprint density at radius 1 is 1.06 bits per heavy atom. The number of nitrogens with two attached hydrogens (primary N) is 1. The zero-order chi connectivity index (χ0) is 23.0. The van der Waals surface area contributed by atoms with E-state index in [-0.39, 0.29) is 5.91 Å². The van der Waals surface area contributed by atoms with Gasteiger partial charge in [-0.2, -0.15) is 0 Å². The quantitative estimate of drug-likeness (QED) is 0.674. The Bertz CT molecular complexity index is 1060. The third-order valence-corrected chi connectivity index (χ3v) is 7.94. The zero-order valence-corrected chi connectivity index (χ0v) is 20.1. The first-order valence-corrected chi connectivity index (χ1v) is 12.6. The lowest BCUT2D eigenvalue weighted by Gasteiger charge is -2.31. The minimum absolute atomic E-state index is 0.0284. The van der Waals surface area contributed by atoms with Gasteiger partial charge in [-0.3, -0.25) is 9.69 Å². The van der Waals surface area contributed by atoms with E-state index in [0.717, 1.165) is 42.2 Å². The molecule has 2 atom stereocenters. The number of carbonyl (C=O) groups is 1. The first-order chi connectivity index (χ1) is 15.9. The van der Waals surface area contributed by atoms with Crippen LogP contribution < -0.4 is 5.73 Å². The number of rotatable bonds is 5. The van der Waals surface area contributed by atoms with E-state index in [0.29, 0.717) is 23.4 Å². The summed E-state index contributed by atoms with van der Waals surface area (Å²) >= 11 is 6.19. The van der Waals surface area contributed by atoms with Crippen LogP contribution in [0, 0.1) is 5.92 Å². The predicted molar refractivity (Wildman–Crippen MR) is 134 cm³/mol. The first-order valence-electron chi connectivity index (χ1n) is 12.2. The van der Waals surface area contributed by atoms with Crippen LogP contribution in [0.4, 0.5) is 0 Å². The van der Waals surface area contributed by atoms with Crippen molar-refractivity contribution in [3.05, 3.63) is 59.1 Å². The van der Waals surface area contributed by atoms with Gasteiger partial charge in [0.25, 0.3) is 5.91 Å². The Labute approximate surface area is 201 Å². The Morgan fingerprint density at radius 2 is 1.79 bits per heavy atom. The third-order valence-electron chi connectivity index (χ3n) is 7.71. The van der Waals surface area contributed by atoms with Gasteiger partial charge in [0.15, 0.2) is 11.5 Å². The minimum atomic E-state index is -1.000. The molecule has 1 amide bonds. The van der Waals surface area contributed by atoms with E-state index in [4.69, 9.17) is 17.3 Å². The average molecular weight is 465 g/mol. The fourth-order valence-electron chi connectivity index (χ4n) is 5.79. The van der Waals surface area contributed by atoms with Gasteiger partial charge < -0.3 is 10.6 Å². The first kappa shape index (κ1) is 22.4. The van der Waals surface area contributed by atoms with Crippen LogP contribution in [-0.2, 0) is 10.3 Å². The molecule has 2 heterocycles. The molecule has 2 aromatic rings. The molecular formula is C27H33ClN4O. The highest BCUT2D eigenvalue weighted by Gasteiger charge is 2.46. The molecule has 2 N–H and O–H groups in total. The lowest BCUT2D eigenvalue weighted by atomic mass is 9.89. The molecule has 2 aliphatic heterocycles. The molecule has 0 bridgehead atoms. The number of aliphatic imine (C=N–C) groups is 1.